The molecule has 0 bridgehead atoms. The summed E-state index contributed by atoms with van der Waals surface area (Å²) in [5.41, 5.74) is 3.13. The number of nitrogens with two attached hydrogens (primary N) is 1. The van der Waals surface area contributed by atoms with Crippen LogP contribution in [-0.2, 0) is 10.0 Å². The molecule has 0 fully saturated rings. The standard InChI is InChI=1S/C10H17N3O2S/c1-3-8-13(2)16(14,15)10-6-4-9(12-11)5-7-10/h4-7,12H,3,8,11H2,1-2H3. The van der Waals surface area contributed by atoms with Crippen LogP contribution in [0, 0.1) is 0 Å². The highest BCUT2D eigenvalue weighted by molar-refractivity contribution is 7.89. The van der Waals surface area contributed by atoms with Gasteiger partial charge in [-0.3, -0.25) is 5.84 Å². The van der Waals surface area contributed by atoms with Crippen LogP contribution in [0.15, 0.2) is 29.2 Å². The zero-order valence-corrected chi connectivity index (χ0v) is 10.3. The monoisotopic (exact) mass is 243 g/mol. The molecule has 1 rings (SSSR count). The lowest BCUT2D eigenvalue weighted by Crippen LogP contribution is -2.27. The minimum Gasteiger partial charge on any atom is -0.324 e. The fraction of sp³-hybridized carbons (Fsp3) is 0.400. The Morgan fingerprint density at radius 3 is 2.31 bits per heavy atom. The highest BCUT2D eigenvalue weighted by atomic mass is 32.2. The number of hydrogen-bond acceptors (Lipinski definition) is 4. The number of sulfonamides is 1. The molecule has 1 aromatic rings. The molecule has 16 heavy (non-hydrogen) atoms. The van der Waals surface area contributed by atoms with Gasteiger partial charge in [-0.15, -0.1) is 0 Å². The Labute approximate surface area is 96.3 Å². The maximum absolute atomic E-state index is 12.0. The van der Waals surface area contributed by atoms with Gasteiger partial charge in [0.1, 0.15) is 0 Å². The molecule has 90 valence electrons. The maximum atomic E-state index is 12.0. The topological polar surface area (TPSA) is 75.4 Å². The predicted octanol–water partition coefficient (Wildman–Crippen LogP) is 1.00. The molecular formula is C10H17N3O2S. The van der Waals surface area contributed by atoms with Crippen LogP contribution in [0.4, 0.5) is 5.69 Å². The van der Waals surface area contributed by atoms with Crippen molar-refractivity contribution in [3.8, 4) is 0 Å². The quantitative estimate of drug-likeness (QED) is 0.597. The van der Waals surface area contributed by atoms with E-state index in [4.69, 9.17) is 5.84 Å². The lowest BCUT2D eigenvalue weighted by molar-refractivity contribution is 0.468. The SMILES string of the molecule is CCCN(C)S(=O)(=O)c1ccc(NN)cc1. The molecule has 0 amide bonds. The Kier molecular flexibility index (Phi) is 4.28. The average Bonchev–Trinajstić information content (AvgIpc) is 2.29. The highest BCUT2D eigenvalue weighted by Gasteiger charge is 2.19. The van der Waals surface area contributed by atoms with Gasteiger partial charge < -0.3 is 5.43 Å². The Balaban J connectivity index is 2.98. The van der Waals surface area contributed by atoms with Crippen LogP contribution in [0.25, 0.3) is 0 Å². The number of nitrogens with one attached hydrogen (secondary N) is 1. The van der Waals surface area contributed by atoms with E-state index in [9.17, 15) is 8.42 Å². The van der Waals surface area contributed by atoms with E-state index in [1.165, 1.54) is 16.4 Å². The van der Waals surface area contributed by atoms with E-state index in [0.717, 1.165) is 6.42 Å². The van der Waals surface area contributed by atoms with Gasteiger partial charge in [-0.25, -0.2) is 12.7 Å². The largest absolute Gasteiger partial charge is 0.324 e. The van der Waals surface area contributed by atoms with Crippen LogP contribution < -0.4 is 11.3 Å². The van der Waals surface area contributed by atoms with E-state index in [0.29, 0.717) is 12.2 Å². The number of nitrogen functional groups attached to an aromatic ring is 1. The van der Waals surface area contributed by atoms with Crippen molar-refractivity contribution in [1.29, 1.82) is 0 Å². The van der Waals surface area contributed by atoms with Crippen molar-refractivity contribution in [3.05, 3.63) is 24.3 Å². The third-order valence-corrected chi connectivity index (χ3v) is 4.14. The van der Waals surface area contributed by atoms with Gasteiger partial charge in [-0.2, -0.15) is 0 Å². The molecule has 0 saturated heterocycles. The molecule has 0 unspecified atom stereocenters. The zero-order valence-electron chi connectivity index (χ0n) is 9.47. The van der Waals surface area contributed by atoms with Gasteiger partial charge in [0.25, 0.3) is 0 Å². The molecule has 0 aliphatic heterocycles. The Bertz CT molecular complexity index is 428. The second-order valence-corrected chi connectivity index (χ2v) is 5.54. The van der Waals surface area contributed by atoms with Crippen molar-refractivity contribution in [1.82, 2.24) is 4.31 Å². The van der Waals surface area contributed by atoms with E-state index in [-0.39, 0.29) is 4.90 Å². The van der Waals surface area contributed by atoms with Crippen LogP contribution in [0.2, 0.25) is 0 Å². The first-order valence-corrected chi connectivity index (χ1v) is 6.49. The van der Waals surface area contributed by atoms with Crippen molar-refractivity contribution in [2.45, 2.75) is 18.2 Å². The fourth-order valence-corrected chi connectivity index (χ4v) is 2.60. The van der Waals surface area contributed by atoms with Gasteiger partial charge >= 0.3 is 0 Å². The number of hydrogen-bond donors (Lipinski definition) is 2. The van der Waals surface area contributed by atoms with Crippen molar-refractivity contribution in [2.24, 2.45) is 5.84 Å². The number of hydrazine groups is 1. The van der Waals surface area contributed by atoms with E-state index in [2.05, 4.69) is 5.43 Å². The maximum Gasteiger partial charge on any atom is 0.242 e. The summed E-state index contributed by atoms with van der Waals surface area (Å²) < 4.78 is 25.3. The van der Waals surface area contributed by atoms with Crippen molar-refractivity contribution < 1.29 is 8.42 Å². The normalized spacial score (nSPS) is 11.8. The summed E-state index contributed by atoms with van der Waals surface area (Å²) in [5, 5.41) is 0. The Morgan fingerprint density at radius 1 is 1.31 bits per heavy atom. The number of rotatable bonds is 5. The molecule has 0 aliphatic carbocycles. The Morgan fingerprint density at radius 2 is 1.88 bits per heavy atom. The minimum atomic E-state index is -3.36. The molecule has 3 N–H and O–H groups in total. The number of nitrogens with zero attached hydrogens (tertiary/aromatic N) is 1. The van der Waals surface area contributed by atoms with Crippen LogP contribution in [0.5, 0.6) is 0 Å². The van der Waals surface area contributed by atoms with Crippen molar-refractivity contribution in [3.63, 3.8) is 0 Å². The third-order valence-electron chi connectivity index (χ3n) is 2.27. The van der Waals surface area contributed by atoms with Crippen LogP contribution in [0.1, 0.15) is 13.3 Å². The average molecular weight is 243 g/mol. The molecule has 0 saturated carbocycles. The van der Waals surface area contributed by atoms with Gasteiger partial charge in [0.15, 0.2) is 0 Å². The van der Waals surface area contributed by atoms with E-state index in [1.807, 2.05) is 6.92 Å². The molecule has 0 heterocycles. The van der Waals surface area contributed by atoms with Crippen LogP contribution in [-0.4, -0.2) is 26.3 Å². The molecule has 0 spiro atoms. The number of anilines is 1. The third kappa shape index (κ3) is 2.72. The van der Waals surface area contributed by atoms with Gasteiger partial charge in [-0.1, -0.05) is 6.92 Å². The summed E-state index contributed by atoms with van der Waals surface area (Å²) >= 11 is 0. The zero-order chi connectivity index (χ0) is 12.2. The Hall–Kier alpha value is -1.11. The molecule has 1 aromatic carbocycles. The summed E-state index contributed by atoms with van der Waals surface area (Å²) in [6.45, 7) is 2.45. The first kappa shape index (κ1) is 13.0. The lowest BCUT2D eigenvalue weighted by Gasteiger charge is -2.16. The smallest absolute Gasteiger partial charge is 0.242 e. The van der Waals surface area contributed by atoms with Gasteiger partial charge in [-0.05, 0) is 30.7 Å². The summed E-state index contributed by atoms with van der Waals surface area (Å²) in [6, 6.07) is 6.34. The first-order chi connectivity index (χ1) is 7.52. The molecule has 0 radical (unpaired) electrons. The second kappa shape index (κ2) is 5.29. The lowest BCUT2D eigenvalue weighted by atomic mass is 10.3. The predicted molar refractivity (Wildman–Crippen MR) is 64.4 cm³/mol. The van der Waals surface area contributed by atoms with E-state index in [1.54, 1.807) is 19.2 Å². The summed E-state index contributed by atoms with van der Waals surface area (Å²) in [5.74, 6) is 5.21. The van der Waals surface area contributed by atoms with Crippen molar-refractivity contribution >= 4 is 15.7 Å². The molecule has 0 aromatic heterocycles. The summed E-state index contributed by atoms with van der Waals surface area (Å²) in [4.78, 5) is 0.280. The summed E-state index contributed by atoms with van der Waals surface area (Å²) in [6.07, 6.45) is 0.790. The second-order valence-electron chi connectivity index (χ2n) is 3.50. The van der Waals surface area contributed by atoms with Crippen LogP contribution >= 0.6 is 0 Å². The highest BCUT2D eigenvalue weighted by Crippen LogP contribution is 2.16. The minimum absolute atomic E-state index is 0.280. The van der Waals surface area contributed by atoms with Crippen molar-refractivity contribution in [2.75, 3.05) is 19.0 Å². The molecule has 0 atom stereocenters. The van der Waals surface area contributed by atoms with E-state index < -0.39 is 10.0 Å². The molecule has 0 aliphatic rings. The molecule has 6 heteroatoms. The number of benzene rings is 1. The molecular weight excluding hydrogens is 226 g/mol. The molecule has 5 nitrogen and oxygen atoms in total. The van der Waals surface area contributed by atoms with Gasteiger partial charge in [0, 0.05) is 19.3 Å². The van der Waals surface area contributed by atoms with Gasteiger partial charge in [0.2, 0.25) is 10.0 Å². The van der Waals surface area contributed by atoms with Crippen LogP contribution in [0.3, 0.4) is 0 Å². The first-order valence-electron chi connectivity index (χ1n) is 5.05. The van der Waals surface area contributed by atoms with E-state index >= 15 is 0 Å². The van der Waals surface area contributed by atoms with Gasteiger partial charge in [0.05, 0.1) is 4.90 Å². The summed E-state index contributed by atoms with van der Waals surface area (Å²) in [7, 11) is -1.78. The fourth-order valence-electron chi connectivity index (χ4n) is 1.34.